The summed E-state index contributed by atoms with van der Waals surface area (Å²) in [5.41, 5.74) is 1.47. The van der Waals surface area contributed by atoms with Gasteiger partial charge in [-0.15, -0.1) is 0 Å². The fourth-order valence-corrected chi connectivity index (χ4v) is 3.43. The standard InChI is InChI=1S/C15H9ClN2OS2/c16-11-5-1-2-6-12(11)18-14(19)13(21-15(18)20)8-10-4-3-7-17-9-10/h1-9H/b13-8-. The molecule has 1 aromatic carbocycles. The fraction of sp³-hybridized carbons (Fsp3) is 0. The number of carbonyl (C=O) groups is 1. The normalized spacial score (nSPS) is 16.8. The van der Waals surface area contributed by atoms with Crippen LogP contribution >= 0.6 is 35.6 Å². The summed E-state index contributed by atoms with van der Waals surface area (Å²) in [5.74, 6) is -0.165. The molecule has 0 atom stereocenters. The molecular weight excluding hydrogens is 324 g/mol. The monoisotopic (exact) mass is 332 g/mol. The van der Waals surface area contributed by atoms with E-state index in [9.17, 15) is 4.79 Å². The van der Waals surface area contributed by atoms with Crippen LogP contribution in [0.15, 0.2) is 53.7 Å². The predicted molar refractivity (Wildman–Crippen MR) is 91.3 cm³/mol. The lowest BCUT2D eigenvalue weighted by molar-refractivity contribution is -0.113. The van der Waals surface area contributed by atoms with Gasteiger partial charge in [0.25, 0.3) is 5.91 Å². The van der Waals surface area contributed by atoms with Gasteiger partial charge in [-0.05, 0) is 29.8 Å². The summed E-state index contributed by atoms with van der Waals surface area (Å²) in [4.78, 5) is 18.6. The average Bonchev–Trinajstić information content (AvgIpc) is 2.76. The van der Waals surface area contributed by atoms with Gasteiger partial charge in [0.2, 0.25) is 0 Å². The summed E-state index contributed by atoms with van der Waals surface area (Å²) >= 11 is 12.7. The topological polar surface area (TPSA) is 33.2 Å². The van der Waals surface area contributed by atoms with Crippen molar-refractivity contribution in [3.05, 3.63) is 64.3 Å². The Labute approximate surface area is 136 Å². The van der Waals surface area contributed by atoms with Crippen molar-refractivity contribution in [3.63, 3.8) is 0 Å². The number of benzene rings is 1. The van der Waals surface area contributed by atoms with Crippen molar-refractivity contribution in [1.29, 1.82) is 0 Å². The number of nitrogens with zero attached hydrogens (tertiary/aromatic N) is 2. The Bertz CT molecular complexity index is 746. The number of amides is 1. The molecule has 104 valence electrons. The highest BCUT2D eigenvalue weighted by Gasteiger charge is 2.34. The molecule has 1 aliphatic heterocycles. The molecule has 2 aromatic rings. The smallest absolute Gasteiger partial charge is 0.268 e. The van der Waals surface area contributed by atoms with Gasteiger partial charge in [0.1, 0.15) is 0 Å². The summed E-state index contributed by atoms with van der Waals surface area (Å²) in [6, 6.07) is 10.9. The van der Waals surface area contributed by atoms with Gasteiger partial charge < -0.3 is 0 Å². The fourth-order valence-electron chi connectivity index (χ4n) is 1.92. The zero-order valence-corrected chi connectivity index (χ0v) is 13.1. The van der Waals surface area contributed by atoms with Crippen molar-refractivity contribution >= 4 is 57.6 Å². The molecule has 0 aliphatic carbocycles. The summed E-state index contributed by atoms with van der Waals surface area (Å²) < 4.78 is 0.475. The van der Waals surface area contributed by atoms with Crippen molar-refractivity contribution < 1.29 is 4.79 Å². The van der Waals surface area contributed by atoms with Gasteiger partial charge in [0.15, 0.2) is 4.32 Å². The number of pyridine rings is 1. The number of halogens is 1. The Morgan fingerprint density at radius 2 is 2.05 bits per heavy atom. The van der Waals surface area contributed by atoms with Crippen LogP contribution < -0.4 is 4.90 Å². The van der Waals surface area contributed by atoms with Crippen molar-refractivity contribution in [2.24, 2.45) is 0 Å². The number of rotatable bonds is 2. The molecule has 0 saturated carbocycles. The molecule has 0 N–H and O–H groups in total. The Morgan fingerprint density at radius 3 is 2.76 bits per heavy atom. The lowest BCUT2D eigenvalue weighted by atomic mass is 10.2. The minimum Gasteiger partial charge on any atom is -0.268 e. The zero-order valence-electron chi connectivity index (χ0n) is 10.7. The molecule has 1 saturated heterocycles. The van der Waals surface area contributed by atoms with E-state index in [1.807, 2.05) is 24.3 Å². The Kier molecular flexibility index (Phi) is 4.05. The first kappa shape index (κ1) is 14.3. The van der Waals surface area contributed by atoms with E-state index in [0.29, 0.717) is 19.9 Å². The summed E-state index contributed by atoms with van der Waals surface area (Å²) in [5, 5.41) is 0.497. The number of hydrogen-bond donors (Lipinski definition) is 0. The number of aromatic nitrogens is 1. The maximum Gasteiger partial charge on any atom is 0.270 e. The van der Waals surface area contributed by atoms with Crippen molar-refractivity contribution in [2.75, 3.05) is 4.90 Å². The van der Waals surface area contributed by atoms with E-state index in [0.717, 1.165) is 5.56 Å². The van der Waals surface area contributed by atoms with E-state index >= 15 is 0 Å². The van der Waals surface area contributed by atoms with E-state index in [2.05, 4.69) is 4.98 Å². The molecule has 1 amide bonds. The third-order valence-corrected chi connectivity index (χ3v) is 4.49. The van der Waals surface area contributed by atoms with Crippen LogP contribution in [-0.4, -0.2) is 15.2 Å². The number of para-hydroxylation sites is 1. The van der Waals surface area contributed by atoms with Crippen LogP contribution in [0.5, 0.6) is 0 Å². The zero-order chi connectivity index (χ0) is 14.8. The molecule has 1 aliphatic rings. The summed E-state index contributed by atoms with van der Waals surface area (Å²) in [6.45, 7) is 0. The number of thiocarbonyl (C=S) groups is 1. The molecular formula is C15H9ClN2OS2. The Balaban J connectivity index is 1.97. The Hall–Kier alpha value is -1.69. The van der Waals surface area contributed by atoms with Crippen LogP contribution in [0.4, 0.5) is 5.69 Å². The SMILES string of the molecule is O=C1/C(=C/c2cccnc2)SC(=S)N1c1ccccc1Cl. The largest absolute Gasteiger partial charge is 0.270 e. The Morgan fingerprint density at radius 1 is 1.24 bits per heavy atom. The lowest BCUT2D eigenvalue weighted by Gasteiger charge is -2.15. The minimum atomic E-state index is -0.165. The lowest BCUT2D eigenvalue weighted by Crippen LogP contribution is -2.27. The second-order valence-corrected chi connectivity index (χ2v) is 6.34. The van der Waals surface area contributed by atoms with Crippen molar-refractivity contribution in [2.45, 2.75) is 0 Å². The second kappa shape index (κ2) is 5.97. The third kappa shape index (κ3) is 2.85. The second-order valence-electron chi connectivity index (χ2n) is 4.25. The first-order valence-corrected chi connectivity index (χ1v) is 7.69. The van der Waals surface area contributed by atoms with Crippen LogP contribution in [0.2, 0.25) is 5.02 Å². The molecule has 21 heavy (non-hydrogen) atoms. The summed E-state index contributed by atoms with van der Waals surface area (Å²) in [6.07, 6.45) is 5.16. The maximum atomic E-state index is 12.5. The van der Waals surface area contributed by atoms with Gasteiger partial charge in [-0.25, -0.2) is 0 Å². The van der Waals surface area contributed by atoms with Crippen LogP contribution in [0.1, 0.15) is 5.56 Å². The average molecular weight is 333 g/mol. The number of thioether (sulfide) groups is 1. The van der Waals surface area contributed by atoms with E-state index < -0.39 is 0 Å². The first-order valence-electron chi connectivity index (χ1n) is 6.09. The van der Waals surface area contributed by atoms with E-state index in [4.69, 9.17) is 23.8 Å². The van der Waals surface area contributed by atoms with Crippen LogP contribution in [0.25, 0.3) is 6.08 Å². The molecule has 1 fully saturated rings. The van der Waals surface area contributed by atoms with Gasteiger partial charge in [-0.3, -0.25) is 14.7 Å². The quantitative estimate of drug-likeness (QED) is 0.611. The molecule has 2 heterocycles. The highest BCUT2D eigenvalue weighted by atomic mass is 35.5. The first-order chi connectivity index (χ1) is 10.2. The van der Waals surface area contributed by atoms with Gasteiger partial charge in [0.05, 0.1) is 15.6 Å². The molecule has 3 rings (SSSR count). The minimum absolute atomic E-state index is 0.165. The predicted octanol–water partition coefficient (Wildman–Crippen LogP) is 4.14. The number of carbonyl (C=O) groups excluding carboxylic acids is 1. The third-order valence-electron chi connectivity index (χ3n) is 2.87. The van der Waals surface area contributed by atoms with E-state index in [1.54, 1.807) is 30.6 Å². The maximum absolute atomic E-state index is 12.5. The number of hydrogen-bond acceptors (Lipinski definition) is 4. The van der Waals surface area contributed by atoms with Gasteiger partial charge in [0, 0.05) is 12.4 Å². The van der Waals surface area contributed by atoms with E-state index in [1.165, 1.54) is 16.7 Å². The molecule has 1 aromatic heterocycles. The molecule has 0 bridgehead atoms. The molecule has 6 heteroatoms. The van der Waals surface area contributed by atoms with Crippen molar-refractivity contribution in [1.82, 2.24) is 4.98 Å². The van der Waals surface area contributed by atoms with Crippen LogP contribution in [0.3, 0.4) is 0 Å². The molecule has 0 spiro atoms. The highest BCUT2D eigenvalue weighted by molar-refractivity contribution is 8.27. The molecule has 0 radical (unpaired) electrons. The molecule has 0 unspecified atom stereocenters. The number of anilines is 1. The van der Waals surface area contributed by atoms with E-state index in [-0.39, 0.29) is 5.91 Å². The van der Waals surface area contributed by atoms with Crippen molar-refractivity contribution in [3.8, 4) is 0 Å². The molecule has 3 nitrogen and oxygen atoms in total. The van der Waals surface area contributed by atoms with Crippen LogP contribution in [0, 0.1) is 0 Å². The van der Waals surface area contributed by atoms with Gasteiger partial charge in [-0.2, -0.15) is 0 Å². The highest BCUT2D eigenvalue weighted by Crippen LogP contribution is 2.38. The van der Waals surface area contributed by atoms with Gasteiger partial charge >= 0.3 is 0 Å². The van der Waals surface area contributed by atoms with Gasteiger partial charge in [-0.1, -0.05) is 53.8 Å². The summed E-state index contributed by atoms with van der Waals surface area (Å²) in [7, 11) is 0. The van der Waals surface area contributed by atoms with Crippen LogP contribution in [-0.2, 0) is 4.79 Å².